The molecule has 0 radical (unpaired) electrons. The Hall–Kier alpha value is -3.93. The van der Waals surface area contributed by atoms with Crippen LogP contribution in [0.25, 0.3) is 22.3 Å². The molecule has 0 unspecified atom stereocenters. The minimum Gasteiger partial charge on any atom is -0.462 e. The molecule has 0 saturated carbocycles. The molecule has 0 aliphatic rings. The molecule has 1 amide bonds. The third-order valence-electron chi connectivity index (χ3n) is 5.49. The molecule has 2 aromatic heterocycles. The summed E-state index contributed by atoms with van der Waals surface area (Å²) >= 11 is 0. The fraction of sp³-hybridized carbons (Fsp3) is 0.222. The highest BCUT2D eigenvalue weighted by atomic mass is 16.5. The molecule has 0 fully saturated rings. The van der Waals surface area contributed by atoms with Gasteiger partial charge < -0.3 is 15.0 Å². The third kappa shape index (κ3) is 5.29. The zero-order valence-corrected chi connectivity index (χ0v) is 18.9. The molecule has 2 heterocycles. The lowest BCUT2D eigenvalue weighted by Crippen LogP contribution is -2.12. The fourth-order valence-electron chi connectivity index (χ4n) is 3.90. The first-order valence-electron chi connectivity index (χ1n) is 11.1. The molecule has 33 heavy (non-hydrogen) atoms. The van der Waals surface area contributed by atoms with Crippen molar-refractivity contribution < 1.29 is 14.3 Å². The summed E-state index contributed by atoms with van der Waals surface area (Å²) in [5.41, 5.74) is 6.47. The van der Waals surface area contributed by atoms with Crippen molar-refractivity contribution in [2.75, 3.05) is 11.9 Å². The average Bonchev–Trinajstić information content (AvgIpc) is 3.18. The first kappa shape index (κ1) is 22.3. The van der Waals surface area contributed by atoms with Crippen molar-refractivity contribution in [1.82, 2.24) is 9.97 Å². The highest BCUT2D eigenvalue weighted by Crippen LogP contribution is 2.31. The maximum atomic E-state index is 12.5. The van der Waals surface area contributed by atoms with Crippen LogP contribution in [0.4, 0.5) is 5.69 Å². The van der Waals surface area contributed by atoms with Crippen LogP contribution in [0.5, 0.6) is 0 Å². The topological polar surface area (TPSA) is 84.1 Å². The lowest BCUT2D eigenvalue weighted by Gasteiger charge is -2.08. The van der Waals surface area contributed by atoms with E-state index in [1.54, 1.807) is 37.4 Å². The van der Waals surface area contributed by atoms with Crippen LogP contribution in [0.15, 0.2) is 66.9 Å². The van der Waals surface area contributed by atoms with Crippen molar-refractivity contribution in [1.29, 1.82) is 0 Å². The van der Waals surface area contributed by atoms with Crippen LogP contribution in [0.2, 0.25) is 0 Å². The summed E-state index contributed by atoms with van der Waals surface area (Å²) in [6.45, 7) is 4.18. The predicted molar refractivity (Wildman–Crippen MR) is 130 cm³/mol. The summed E-state index contributed by atoms with van der Waals surface area (Å²) in [5.74, 6) is -0.428. The van der Waals surface area contributed by atoms with Crippen molar-refractivity contribution >= 4 is 28.5 Å². The number of rotatable bonds is 8. The monoisotopic (exact) mass is 441 g/mol. The average molecular weight is 442 g/mol. The molecule has 0 aliphatic carbocycles. The SMILES string of the molecule is CCOC(=O)c1ccc(NC(=O)CCCc2c(-c3ccccn3)[nH]c3ccc(C)cc23)cc1. The van der Waals surface area contributed by atoms with Crippen LogP contribution in [-0.4, -0.2) is 28.5 Å². The number of benzene rings is 2. The van der Waals surface area contributed by atoms with E-state index in [1.165, 1.54) is 16.5 Å². The number of aromatic amines is 1. The number of hydrogen-bond donors (Lipinski definition) is 2. The van der Waals surface area contributed by atoms with Gasteiger partial charge in [0.25, 0.3) is 0 Å². The van der Waals surface area contributed by atoms with Gasteiger partial charge in [-0.15, -0.1) is 0 Å². The van der Waals surface area contributed by atoms with Gasteiger partial charge in [0.05, 0.1) is 23.6 Å². The second kappa shape index (κ2) is 10.1. The molecule has 0 saturated heterocycles. The Morgan fingerprint density at radius 3 is 2.61 bits per heavy atom. The second-order valence-corrected chi connectivity index (χ2v) is 7.94. The number of fused-ring (bicyclic) bond motifs is 1. The van der Waals surface area contributed by atoms with Crippen LogP contribution in [0.3, 0.4) is 0 Å². The first-order valence-corrected chi connectivity index (χ1v) is 11.1. The van der Waals surface area contributed by atoms with Crippen LogP contribution in [0, 0.1) is 6.92 Å². The molecule has 2 aromatic carbocycles. The number of ether oxygens (including phenoxy) is 1. The number of nitrogens with one attached hydrogen (secondary N) is 2. The minimum atomic E-state index is -0.368. The number of esters is 1. The largest absolute Gasteiger partial charge is 0.462 e. The summed E-state index contributed by atoms with van der Waals surface area (Å²) in [7, 11) is 0. The lowest BCUT2D eigenvalue weighted by atomic mass is 10.0. The molecule has 0 atom stereocenters. The zero-order chi connectivity index (χ0) is 23.2. The van der Waals surface area contributed by atoms with Crippen molar-refractivity contribution in [2.45, 2.75) is 33.1 Å². The summed E-state index contributed by atoms with van der Waals surface area (Å²) in [6, 6.07) is 19.0. The number of aromatic nitrogens is 2. The van der Waals surface area contributed by atoms with E-state index in [0.29, 0.717) is 30.7 Å². The normalized spacial score (nSPS) is 10.8. The van der Waals surface area contributed by atoms with Gasteiger partial charge in [0.1, 0.15) is 0 Å². The molecule has 168 valence electrons. The van der Waals surface area contributed by atoms with Crippen LogP contribution in [-0.2, 0) is 16.0 Å². The smallest absolute Gasteiger partial charge is 0.338 e. The number of pyridine rings is 1. The number of aryl methyl sites for hydroxylation is 2. The number of nitrogens with zero attached hydrogens (tertiary/aromatic N) is 1. The van der Waals surface area contributed by atoms with Gasteiger partial charge in [-0.1, -0.05) is 17.7 Å². The van der Waals surface area contributed by atoms with Crippen molar-refractivity contribution in [3.63, 3.8) is 0 Å². The van der Waals surface area contributed by atoms with E-state index in [9.17, 15) is 9.59 Å². The standard InChI is InChI=1S/C27H27N3O3/c1-3-33-27(32)19-11-13-20(14-12-19)29-25(31)9-6-7-21-22-17-18(2)10-15-23(22)30-26(21)24-8-4-5-16-28-24/h4-5,8,10-17,30H,3,6-7,9H2,1-2H3,(H,29,31). The van der Waals surface area contributed by atoms with Crippen LogP contribution in [0.1, 0.15) is 41.3 Å². The molecular weight excluding hydrogens is 414 g/mol. The maximum absolute atomic E-state index is 12.5. The Morgan fingerprint density at radius 2 is 1.88 bits per heavy atom. The molecular formula is C27H27N3O3. The van der Waals surface area contributed by atoms with Gasteiger partial charge in [0.2, 0.25) is 5.91 Å². The molecule has 0 aliphatic heterocycles. The number of anilines is 1. The van der Waals surface area contributed by atoms with Gasteiger partial charge in [-0.05, 0) is 80.8 Å². The number of carbonyl (C=O) groups excluding carboxylic acids is 2. The van der Waals surface area contributed by atoms with E-state index in [0.717, 1.165) is 23.3 Å². The van der Waals surface area contributed by atoms with Gasteiger partial charge in [-0.25, -0.2) is 4.79 Å². The number of carbonyl (C=O) groups is 2. The number of amides is 1. The fourth-order valence-corrected chi connectivity index (χ4v) is 3.90. The van der Waals surface area contributed by atoms with E-state index < -0.39 is 0 Å². The summed E-state index contributed by atoms with van der Waals surface area (Å²) in [5, 5.41) is 4.07. The summed E-state index contributed by atoms with van der Waals surface area (Å²) in [6.07, 6.45) is 3.63. The highest BCUT2D eigenvalue weighted by molar-refractivity contribution is 5.93. The van der Waals surface area contributed by atoms with Crippen molar-refractivity contribution in [2.24, 2.45) is 0 Å². The minimum absolute atomic E-state index is 0.0608. The Bertz CT molecular complexity index is 1260. The van der Waals surface area contributed by atoms with Crippen molar-refractivity contribution in [3.05, 3.63) is 83.6 Å². The van der Waals surface area contributed by atoms with E-state index in [1.807, 2.05) is 18.2 Å². The zero-order valence-electron chi connectivity index (χ0n) is 18.9. The molecule has 2 N–H and O–H groups in total. The van der Waals surface area contributed by atoms with Crippen molar-refractivity contribution in [3.8, 4) is 11.4 Å². The Balaban J connectivity index is 1.43. The van der Waals surface area contributed by atoms with Gasteiger partial charge in [0, 0.05) is 29.2 Å². The van der Waals surface area contributed by atoms with Gasteiger partial charge in [-0.2, -0.15) is 0 Å². The first-order chi connectivity index (χ1) is 16.0. The quantitative estimate of drug-likeness (QED) is 0.345. The second-order valence-electron chi connectivity index (χ2n) is 7.94. The Morgan fingerprint density at radius 1 is 1.06 bits per heavy atom. The lowest BCUT2D eigenvalue weighted by molar-refractivity contribution is -0.116. The molecule has 6 nitrogen and oxygen atoms in total. The molecule has 0 bridgehead atoms. The van der Waals surface area contributed by atoms with Gasteiger partial charge in [0.15, 0.2) is 0 Å². The summed E-state index contributed by atoms with van der Waals surface area (Å²) in [4.78, 5) is 32.3. The van der Waals surface area contributed by atoms with Crippen LogP contribution < -0.4 is 5.32 Å². The third-order valence-corrected chi connectivity index (χ3v) is 5.49. The van der Waals surface area contributed by atoms with E-state index in [4.69, 9.17) is 4.74 Å². The number of H-pyrrole nitrogens is 1. The van der Waals surface area contributed by atoms with Crippen LogP contribution >= 0.6 is 0 Å². The Labute approximate surface area is 193 Å². The Kier molecular flexibility index (Phi) is 6.83. The summed E-state index contributed by atoms with van der Waals surface area (Å²) < 4.78 is 4.98. The van der Waals surface area contributed by atoms with E-state index >= 15 is 0 Å². The number of hydrogen-bond acceptors (Lipinski definition) is 4. The highest BCUT2D eigenvalue weighted by Gasteiger charge is 2.15. The van der Waals surface area contributed by atoms with Gasteiger partial charge >= 0.3 is 5.97 Å². The predicted octanol–water partition coefficient (Wildman–Crippen LogP) is 5.68. The van der Waals surface area contributed by atoms with E-state index in [-0.39, 0.29) is 11.9 Å². The molecule has 4 aromatic rings. The molecule has 0 spiro atoms. The van der Waals surface area contributed by atoms with Gasteiger partial charge in [-0.3, -0.25) is 9.78 Å². The molecule has 4 rings (SSSR count). The maximum Gasteiger partial charge on any atom is 0.338 e. The molecule has 6 heteroatoms. The van der Waals surface area contributed by atoms with E-state index in [2.05, 4.69) is 40.4 Å².